The maximum atomic E-state index is 10.9. The van der Waals surface area contributed by atoms with Crippen LogP contribution in [0.5, 0.6) is 0 Å². The maximum Gasteiger partial charge on any atom is 0.243 e. The molecule has 0 bridgehead atoms. The molecule has 0 radical (unpaired) electrons. The first-order chi connectivity index (χ1) is 12.1. The van der Waals surface area contributed by atoms with Crippen LogP contribution < -0.4 is 5.48 Å². The minimum atomic E-state index is -0.305. The largest absolute Gasteiger partial charge is 0.305 e. The van der Waals surface area contributed by atoms with Crippen LogP contribution in [0.1, 0.15) is 36.8 Å². The molecule has 0 aliphatic rings. The predicted molar refractivity (Wildman–Crippen MR) is 101 cm³/mol. The molecule has 0 spiro atoms. The summed E-state index contributed by atoms with van der Waals surface area (Å²) in [5.41, 5.74) is 6.78. The van der Waals surface area contributed by atoms with Crippen LogP contribution >= 0.6 is 0 Å². The number of carbonyl (C=O) groups excluding carboxylic acids is 1. The summed E-state index contributed by atoms with van der Waals surface area (Å²) in [5, 5.41) is 8.44. The van der Waals surface area contributed by atoms with Gasteiger partial charge in [0.15, 0.2) is 0 Å². The summed E-state index contributed by atoms with van der Waals surface area (Å²) in [7, 11) is 4.15. The number of unbranched alkanes of at least 4 members (excludes halogenated alkanes) is 2. The summed E-state index contributed by atoms with van der Waals surface area (Å²) in [6.07, 6.45) is 4.26. The number of carbonyl (C=O) groups is 1. The molecular formula is C21H28N2O2. The molecule has 0 aliphatic heterocycles. The van der Waals surface area contributed by atoms with Crippen molar-refractivity contribution < 1.29 is 10.0 Å². The lowest BCUT2D eigenvalue weighted by molar-refractivity contribution is -0.129. The van der Waals surface area contributed by atoms with Gasteiger partial charge >= 0.3 is 0 Å². The highest BCUT2D eigenvalue weighted by atomic mass is 16.5. The molecule has 25 heavy (non-hydrogen) atoms. The van der Waals surface area contributed by atoms with E-state index in [2.05, 4.69) is 67.5 Å². The smallest absolute Gasteiger partial charge is 0.243 e. The highest BCUT2D eigenvalue weighted by molar-refractivity contribution is 5.74. The summed E-state index contributed by atoms with van der Waals surface area (Å²) in [5.74, 6) is -0.305. The minimum Gasteiger partial charge on any atom is -0.305 e. The van der Waals surface area contributed by atoms with E-state index in [-0.39, 0.29) is 5.91 Å². The Labute approximate surface area is 150 Å². The van der Waals surface area contributed by atoms with Gasteiger partial charge in [-0.15, -0.1) is 0 Å². The molecule has 4 heteroatoms. The zero-order valence-corrected chi connectivity index (χ0v) is 15.2. The summed E-state index contributed by atoms with van der Waals surface area (Å²) < 4.78 is 0. The quantitative estimate of drug-likeness (QED) is 0.412. The number of benzene rings is 2. The van der Waals surface area contributed by atoms with Gasteiger partial charge in [-0.2, -0.15) is 0 Å². The third-order valence-corrected chi connectivity index (χ3v) is 4.23. The van der Waals surface area contributed by atoms with Crippen molar-refractivity contribution in [1.82, 2.24) is 10.4 Å². The molecule has 0 saturated heterocycles. The van der Waals surface area contributed by atoms with Gasteiger partial charge in [-0.05, 0) is 55.6 Å². The highest BCUT2D eigenvalue weighted by Gasteiger charge is 2.02. The monoisotopic (exact) mass is 340 g/mol. The lowest BCUT2D eigenvalue weighted by Crippen LogP contribution is -2.17. The molecule has 0 unspecified atom stereocenters. The lowest BCUT2D eigenvalue weighted by atomic mass is 10.00. The average Bonchev–Trinajstić information content (AvgIpc) is 2.62. The van der Waals surface area contributed by atoms with Crippen molar-refractivity contribution in [3.05, 3.63) is 59.7 Å². The van der Waals surface area contributed by atoms with E-state index in [0.717, 1.165) is 32.2 Å². The van der Waals surface area contributed by atoms with Gasteiger partial charge in [0.1, 0.15) is 0 Å². The van der Waals surface area contributed by atoms with Gasteiger partial charge in [-0.25, -0.2) is 5.48 Å². The van der Waals surface area contributed by atoms with Gasteiger partial charge in [0.25, 0.3) is 0 Å². The summed E-state index contributed by atoms with van der Waals surface area (Å²) in [6, 6.07) is 17.5. The number of rotatable bonds is 9. The van der Waals surface area contributed by atoms with E-state index in [9.17, 15) is 4.79 Å². The molecule has 0 saturated carbocycles. The fourth-order valence-electron chi connectivity index (χ4n) is 2.88. The van der Waals surface area contributed by atoms with Gasteiger partial charge in [-0.3, -0.25) is 10.0 Å². The summed E-state index contributed by atoms with van der Waals surface area (Å²) >= 11 is 0. The number of aryl methyl sites for hydroxylation is 1. The van der Waals surface area contributed by atoms with Gasteiger partial charge in [0.05, 0.1) is 0 Å². The van der Waals surface area contributed by atoms with Gasteiger partial charge in [0, 0.05) is 13.0 Å². The van der Waals surface area contributed by atoms with Crippen LogP contribution in [0.3, 0.4) is 0 Å². The molecule has 4 nitrogen and oxygen atoms in total. The number of amides is 1. The molecule has 0 aromatic heterocycles. The molecule has 0 fully saturated rings. The van der Waals surface area contributed by atoms with Gasteiger partial charge in [0.2, 0.25) is 5.91 Å². The highest BCUT2D eigenvalue weighted by Crippen LogP contribution is 2.21. The van der Waals surface area contributed by atoms with Crippen molar-refractivity contribution in [2.75, 3.05) is 14.1 Å². The first-order valence-electron chi connectivity index (χ1n) is 8.84. The molecule has 1 amide bonds. The van der Waals surface area contributed by atoms with Crippen LogP contribution in [0.4, 0.5) is 0 Å². The number of hydroxylamine groups is 1. The summed E-state index contributed by atoms with van der Waals surface area (Å²) in [6.45, 7) is 0.958. The van der Waals surface area contributed by atoms with Crippen LogP contribution in [-0.2, 0) is 17.8 Å². The van der Waals surface area contributed by atoms with E-state index in [1.165, 1.54) is 22.3 Å². The zero-order chi connectivity index (χ0) is 18.1. The van der Waals surface area contributed by atoms with Crippen LogP contribution in [0.2, 0.25) is 0 Å². The van der Waals surface area contributed by atoms with E-state index in [1.54, 1.807) is 5.48 Å². The van der Waals surface area contributed by atoms with E-state index in [4.69, 9.17) is 5.21 Å². The Balaban J connectivity index is 1.82. The first-order valence-corrected chi connectivity index (χ1v) is 8.84. The Kier molecular flexibility index (Phi) is 7.64. The Morgan fingerprint density at radius 3 is 1.96 bits per heavy atom. The second-order valence-electron chi connectivity index (χ2n) is 6.73. The molecule has 2 aromatic rings. The molecule has 0 aliphatic carbocycles. The molecule has 2 N–H and O–H groups in total. The Hall–Kier alpha value is -2.17. The second-order valence-corrected chi connectivity index (χ2v) is 6.73. The third-order valence-electron chi connectivity index (χ3n) is 4.23. The molecule has 0 atom stereocenters. The van der Waals surface area contributed by atoms with E-state index < -0.39 is 0 Å². The third kappa shape index (κ3) is 6.69. The van der Waals surface area contributed by atoms with Crippen LogP contribution in [0.15, 0.2) is 48.5 Å². The first kappa shape index (κ1) is 19.2. The number of hydrogen-bond acceptors (Lipinski definition) is 3. The van der Waals surface area contributed by atoms with E-state index in [1.807, 2.05) is 0 Å². The topological polar surface area (TPSA) is 52.6 Å². The number of nitrogens with one attached hydrogen (secondary N) is 1. The van der Waals surface area contributed by atoms with Crippen molar-refractivity contribution in [3.63, 3.8) is 0 Å². The van der Waals surface area contributed by atoms with Crippen molar-refractivity contribution in [3.8, 4) is 11.1 Å². The van der Waals surface area contributed by atoms with Crippen molar-refractivity contribution >= 4 is 5.91 Å². The van der Waals surface area contributed by atoms with Gasteiger partial charge < -0.3 is 4.90 Å². The molecule has 2 aromatic carbocycles. The molecule has 0 heterocycles. The average molecular weight is 340 g/mol. The molecular weight excluding hydrogens is 312 g/mol. The normalized spacial score (nSPS) is 10.9. The van der Waals surface area contributed by atoms with Gasteiger partial charge in [-0.1, -0.05) is 55.0 Å². The van der Waals surface area contributed by atoms with Crippen LogP contribution in [0, 0.1) is 0 Å². The van der Waals surface area contributed by atoms with Crippen LogP contribution in [0.25, 0.3) is 11.1 Å². The minimum absolute atomic E-state index is 0.305. The zero-order valence-electron chi connectivity index (χ0n) is 15.2. The van der Waals surface area contributed by atoms with Crippen molar-refractivity contribution in [2.24, 2.45) is 0 Å². The second kappa shape index (κ2) is 9.97. The number of hydrogen-bond donors (Lipinski definition) is 2. The predicted octanol–water partition coefficient (Wildman–Crippen LogP) is 4.02. The van der Waals surface area contributed by atoms with Crippen molar-refractivity contribution in [2.45, 2.75) is 38.6 Å². The molecule has 134 valence electrons. The standard InChI is InChI=1S/C21H28N2O2/c1-23(2)16-18-10-14-20(15-11-18)19-12-8-17(9-13-19)6-4-3-5-7-21(24)22-25/h8-15,25H,3-7,16H2,1-2H3,(H,22,24). The summed E-state index contributed by atoms with van der Waals surface area (Å²) in [4.78, 5) is 13.1. The number of nitrogens with zero attached hydrogens (tertiary/aromatic N) is 1. The Morgan fingerprint density at radius 2 is 1.44 bits per heavy atom. The maximum absolute atomic E-state index is 10.9. The SMILES string of the molecule is CN(C)Cc1ccc(-c2ccc(CCCCCC(=O)NO)cc2)cc1. The molecule has 2 rings (SSSR count). The van der Waals surface area contributed by atoms with E-state index >= 15 is 0 Å². The fourth-order valence-corrected chi connectivity index (χ4v) is 2.88. The van der Waals surface area contributed by atoms with Crippen LogP contribution in [-0.4, -0.2) is 30.1 Å². The Bertz CT molecular complexity index is 649. The lowest BCUT2D eigenvalue weighted by Gasteiger charge is -2.10. The fraction of sp³-hybridized carbons (Fsp3) is 0.381. The Morgan fingerprint density at radius 1 is 0.880 bits per heavy atom. The van der Waals surface area contributed by atoms with E-state index in [0.29, 0.717) is 6.42 Å². The van der Waals surface area contributed by atoms with Crippen molar-refractivity contribution in [1.29, 1.82) is 0 Å².